The topological polar surface area (TPSA) is 84.3 Å². The molecule has 0 spiro atoms. The van der Waals surface area contributed by atoms with Crippen molar-refractivity contribution in [3.05, 3.63) is 11.2 Å². The number of nitrogens with zero attached hydrogens (tertiary/aromatic N) is 2. The Hall–Kier alpha value is -1.56. The molecule has 6 nitrogen and oxygen atoms in total. The Morgan fingerprint density at radius 2 is 2.20 bits per heavy atom. The van der Waals surface area contributed by atoms with Gasteiger partial charge in [-0.2, -0.15) is 4.98 Å². The fourth-order valence-corrected chi connectivity index (χ4v) is 1.94. The van der Waals surface area contributed by atoms with Gasteiger partial charge in [0.25, 0.3) is 0 Å². The summed E-state index contributed by atoms with van der Waals surface area (Å²) in [4.78, 5) is 19.2. The molecule has 1 unspecified atom stereocenters. The minimum absolute atomic E-state index is 0.0715. The molecule has 0 radical (unpaired) electrons. The zero-order valence-corrected chi connectivity index (χ0v) is 12.9. The minimum Gasteiger partial charge on any atom is -0.481 e. The molecule has 1 rings (SSSR count). The van der Waals surface area contributed by atoms with Gasteiger partial charge in [0.15, 0.2) is 5.82 Å². The molecule has 1 aromatic heterocycles. The van der Waals surface area contributed by atoms with Crippen LogP contribution in [0.5, 0.6) is 6.01 Å². The number of aromatic nitrogens is 2. The molecule has 0 aliphatic heterocycles. The van der Waals surface area contributed by atoms with Crippen molar-refractivity contribution in [1.82, 2.24) is 9.97 Å². The van der Waals surface area contributed by atoms with Crippen LogP contribution >= 0.6 is 11.6 Å². The van der Waals surface area contributed by atoms with Gasteiger partial charge in [0.1, 0.15) is 5.02 Å². The first-order valence-corrected chi connectivity index (χ1v) is 6.64. The van der Waals surface area contributed by atoms with Gasteiger partial charge in [-0.3, -0.25) is 4.79 Å². The number of aliphatic carboxylic acids is 1. The molecule has 0 aliphatic rings. The van der Waals surface area contributed by atoms with Crippen LogP contribution in [0.25, 0.3) is 0 Å². The van der Waals surface area contributed by atoms with Crippen LogP contribution in [-0.2, 0) is 4.79 Å². The fraction of sp³-hybridized carbons (Fsp3) is 0.615. The second kappa shape index (κ2) is 6.74. The second-order valence-corrected chi connectivity index (χ2v) is 6.14. The van der Waals surface area contributed by atoms with Gasteiger partial charge in [-0.15, -0.1) is 0 Å². The van der Waals surface area contributed by atoms with E-state index < -0.39 is 11.9 Å². The Kier molecular flexibility index (Phi) is 5.56. The number of carboxylic acid groups (broad SMARTS) is 1. The largest absolute Gasteiger partial charge is 0.481 e. The fourth-order valence-electron chi connectivity index (χ4n) is 1.78. The van der Waals surface area contributed by atoms with Crippen molar-refractivity contribution < 1.29 is 14.6 Å². The summed E-state index contributed by atoms with van der Waals surface area (Å²) >= 11 is 5.96. The second-order valence-electron chi connectivity index (χ2n) is 5.73. The average Bonchev–Trinajstić information content (AvgIpc) is 2.34. The summed E-state index contributed by atoms with van der Waals surface area (Å²) in [5.74, 6) is -0.990. The lowest BCUT2D eigenvalue weighted by Crippen LogP contribution is -2.27. The third kappa shape index (κ3) is 5.21. The predicted octanol–water partition coefficient (Wildman–Crippen LogP) is 2.69. The molecule has 1 atom stereocenters. The number of carboxylic acids is 1. The minimum atomic E-state index is -0.843. The maximum atomic E-state index is 11.3. The molecular weight excluding hydrogens is 282 g/mol. The predicted molar refractivity (Wildman–Crippen MR) is 77.3 cm³/mol. The molecule has 20 heavy (non-hydrogen) atoms. The highest BCUT2D eigenvalue weighted by atomic mass is 35.5. The molecule has 0 saturated carbocycles. The first-order chi connectivity index (χ1) is 9.23. The molecule has 0 aromatic carbocycles. The van der Waals surface area contributed by atoms with E-state index >= 15 is 0 Å². The van der Waals surface area contributed by atoms with Crippen molar-refractivity contribution >= 4 is 23.4 Å². The summed E-state index contributed by atoms with van der Waals surface area (Å²) in [6, 6.07) is 0.180. The average molecular weight is 302 g/mol. The summed E-state index contributed by atoms with van der Waals surface area (Å²) in [5.41, 5.74) is -0.0715. The molecule has 2 N–H and O–H groups in total. The molecule has 0 amide bonds. The van der Waals surface area contributed by atoms with Crippen LogP contribution < -0.4 is 10.1 Å². The summed E-state index contributed by atoms with van der Waals surface area (Å²) in [6.07, 6.45) is 1.96. The summed E-state index contributed by atoms with van der Waals surface area (Å²) in [6.45, 7) is 6.25. The Morgan fingerprint density at radius 3 is 2.70 bits per heavy atom. The summed E-state index contributed by atoms with van der Waals surface area (Å²) in [7, 11) is 1.45. The first-order valence-electron chi connectivity index (χ1n) is 6.26. The number of carbonyl (C=O) groups is 1. The first kappa shape index (κ1) is 16.5. The molecule has 112 valence electrons. The Labute approximate surface area is 123 Å². The Bertz CT molecular complexity index is 474. The van der Waals surface area contributed by atoms with Gasteiger partial charge in [0.05, 0.1) is 19.2 Å². The molecule has 0 aliphatic carbocycles. The van der Waals surface area contributed by atoms with Crippen molar-refractivity contribution in [2.24, 2.45) is 11.3 Å². The lowest BCUT2D eigenvalue weighted by molar-refractivity contribution is -0.142. The normalized spacial score (nSPS) is 12.8. The maximum absolute atomic E-state index is 11.3. The summed E-state index contributed by atoms with van der Waals surface area (Å²) < 4.78 is 4.91. The van der Waals surface area contributed by atoms with Crippen molar-refractivity contribution in [3.63, 3.8) is 0 Å². The number of ether oxygens (including phenoxy) is 1. The number of nitrogens with one attached hydrogen (secondary N) is 1. The molecular formula is C13H20ClN3O3. The Balaban J connectivity index is 2.75. The van der Waals surface area contributed by atoms with Crippen molar-refractivity contribution in [2.75, 3.05) is 19.0 Å². The van der Waals surface area contributed by atoms with Crippen molar-refractivity contribution in [1.29, 1.82) is 0 Å². The van der Waals surface area contributed by atoms with E-state index in [1.54, 1.807) is 0 Å². The number of methoxy groups -OCH3 is 1. The highest BCUT2D eigenvalue weighted by molar-refractivity contribution is 6.32. The highest BCUT2D eigenvalue weighted by Gasteiger charge is 2.24. The zero-order chi connectivity index (χ0) is 15.3. The zero-order valence-electron chi connectivity index (χ0n) is 12.1. The molecule has 0 bridgehead atoms. The number of hydrogen-bond acceptors (Lipinski definition) is 5. The van der Waals surface area contributed by atoms with E-state index in [-0.39, 0.29) is 18.0 Å². The molecule has 0 fully saturated rings. The lowest BCUT2D eigenvalue weighted by Gasteiger charge is -2.23. The van der Waals surface area contributed by atoms with Gasteiger partial charge < -0.3 is 15.2 Å². The van der Waals surface area contributed by atoms with Crippen LogP contribution in [0.1, 0.15) is 27.2 Å². The van der Waals surface area contributed by atoms with Gasteiger partial charge in [0.2, 0.25) is 0 Å². The van der Waals surface area contributed by atoms with E-state index in [0.29, 0.717) is 17.3 Å². The van der Waals surface area contributed by atoms with E-state index in [1.165, 1.54) is 13.3 Å². The van der Waals surface area contributed by atoms with Crippen LogP contribution in [0.3, 0.4) is 0 Å². The van der Waals surface area contributed by atoms with E-state index in [2.05, 4.69) is 15.3 Å². The van der Waals surface area contributed by atoms with Gasteiger partial charge in [-0.25, -0.2) is 4.98 Å². The number of halogens is 1. The number of anilines is 1. The summed E-state index contributed by atoms with van der Waals surface area (Å²) in [5, 5.41) is 12.5. The van der Waals surface area contributed by atoms with Crippen LogP contribution in [-0.4, -0.2) is 34.7 Å². The van der Waals surface area contributed by atoms with E-state index in [9.17, 15) is 9.90 Å². The third-order valence-electron chi connectivity index (χ3n) is 2.63. The molecule has 0 saturated heterocycles. The van der Waals surface area contributed by atoms with Crippen LogP contribution in [0.15, 0.2) is 6.20 Å². The quantitative estimate of drug-likeness (QED) is 0.840. The standard InChI is InChI=1S/C13H20ClN3O3/c1-13(2,3)5-8(11(18)19)6-15-10-9(14)7-16-12(17-10)20-4/h7-8H,5-6H2,1-4H3,(H,18,19)(H,15,16,17). The third-order valence-corrected chi connectivity index (χ3v) is 2.91. The van der Waals surface area contributed by atoms with Gasteiger partial charge in [-0.05, 0) is 11.8 Å². The van der Waals surface area contributed by atoms with Crippen molar-refractivity contribution in [3.8, 4) is 6.01 Å². The van der Waals surface area contributed by atoms with E-state index in [1.807, 2.05) is 20.8 Å². The smallest absolute Gasteiger partial charge is 0.318 e. The lowest BCUT2D eigenvalue weighted by atomic mass is 9.84. The van der Waals surface area contributed by atoms with Gasteiger partial charge in [-0.1, -0.05) is 32.4 Å². The number of hydrogen-bond donors (Lipinski definition) is 2. The van der Waals surface area contributed by atoms with Crippen molar-refractivity contribution in [2.45, 2.75) is 27.2 Å². The number of rotatable bonds is 6. The Morgan fingerprint density at radius 1 is 1.55 bits per heavy atom. The van der Waals surface area contributed by atoms with Crippen LogP contribution in [0, 0.1) is 11.3 Å². The maximum Gasteiger partial charge on any atom is 0.318 e. The van der Waals surface area contributed by atoms with Crippen LogP contribution in [0.4, 0.5) is 5.82 Å². The van der Waals surface area contributed by atoms with Gasteiger partial charge >= 0.3 is 12.0 Å². The van der Waals surface area contributed by atoms with E-state index in [4.69, 9.17) is 16.3 Å². The SMILES string of the molecule is COc1ncc(Cl)c(NCC(CC(C)(C)C)C(=O)O)n1. The van der Waals surface area contributed by atoms with Crippen LogP contribution in [0.2, 0.25) is 5.02 Å². The van der Waals surface area contributed by atoms with Gasteiger partial charge in [0, 0.05) is 6.54 Å². The molecule has 7 heteroatoms. The monoisotopic (exact) mass is 301 g/mol. The highest BCUT2D eigenvalue weighted by Crippen LogP contribution is 2.26. The van der Waals surface area contributed by atoms with E-state index in [0.717, 1.165) is 0 Å². The molecule has 1 heterocycles. The molecule has 1 aromatic rings.